The Balaban J connectivity index is 1.86. The molecule has 0 spiro atoms. The van der Waals surface area contributed by atoms with E-state index in [2.05, 4.69) is 19.2 Å². The van der Waals surface area contributed by atoms with Crippen molar-refractivity contribution >= 4 is 12.0 Å². The van der Waals surface area contributed by atoms with Gasteiger partial charge in [0.25, 0.3) is 0 Å². The molecule has 0 radical (unpaired) electrons. The fourth-order valence-electron chi connectivity index (χ4n) is 2.98. The van der Waals surface area contributed by atoms with Crippen molar-refractivity contribution in [1.29, 1.82) is 0 Å². The number of rotatable bonds is 3. The Morgan fingerprint density at radius 3 is 2.21 bits per heavy atom. The molecule has 2 amide bonds. The lowest BCUT2D eigenvalue weighted by atomic mass is 9.77. The first-order valence-electron chi connectivity index (χ1n) is 7.25. The molecule has 2 N–H and O–H groups in total. The van der Waals surface area contributed by atoms with Gasteiger partial charge in [-0.1, -0.05) is 13.8 Å². The molecule has 5 heteroatoms. The van der Waals surface area contributed by atoms with Crippen LogP contribution in [0.5, 0.6) is 0 Å². The Morgan fingerprint density at radius 1 is 1.26 bits per heavy atom. The molecular formula is C14H24N2O3. The Kier molecular flexibility index (Phi) is 4.02. The van der Waals surface area contributed by atoms with Crippen molar-refractivity contribution in [1.82, 2.24) is 10.2 Å². The highest BCUT2D eigenvalue weighted by Crippen LogP contribution is 2.32. The molecule has 0 aromatic rings. The van der Waals surface area contributed by atoms with Crippen LogP contribution < -0.4 is 5.32 Å². The van der Waals surface area contributed by atoms with Gasteiger partial charge >= 0.3 is 12.0 Å². The van der Waals surface area contributed by atoms with Crippen LogP contribution in [0.15, 0.2) is 0 Å². The molecule has 19 heavy (non-hydrogen) atoms. The van der Waals surface area contributed by atoms with E-state index in [9.17, 15) is 14.7 Å². The van der Waals surface area contributed by atoms with Gasteiger partial charge < -0.3 is 15.3 Å². The van der Waals surface area contributed by atoms with Crippen LogP contribution in [0.4, 0.5) is 4.79 Å². The van der Waals surface area contributed by atoms with Gasteiger partial charge in [0.1, 0.15) is 5.54 Å². The number of urea groups is 1. The molecule has 2 aliphatic rings. The number of nitrogens with one attached hydrogen (secondary N) is 1. The quantitative estimate of drug-likeness (QED) is 0.823. The average Bonchev–Trinajstić information content (AvgIpc) is 2.33. The third kappa shape index (κ3) is 2.85. The number of carbonyl (C=O) groups is 2. The van der Waals surface area contributed by atoms with Gasteiger partial charge in [-0.05, 0) is 43.9 Å². The molecule has 108 valence electrons. The van der Waals surface area contributed by atoms with Crippen LogP contribution in [0.2, 0.25) is 0 Å². The Labute approximate surface area is 114 Å². The zero-order valence-corrected chi connectivity index (χ0v) is 11.8. The number of carbonyl (C=O) groups excluding carboxylic acids is 1. The van der Waals surface area contributed by atoms with Crippen LogP contribution in [-0.2, 0) is 4.79 Å². The highest BCUT2D eigenvalue weighted by Gasteiger charge is 2.46. The molecule has 2 fully saturated rings. The van der Waals surface area contributed by atoms with Gasteiger partial charge in [0.2, 0.25) is 0 Å². The van der Waals surface area contributed by atoms with Gasteiger partial charge in [-0.15, -0.1) is 0 Å². The van der Waals surface area contributed by atoms with Crippen molar-refractivity contribution in [2.75, 3.05) is 13.1 Å². The zero-order chi connectivity index (χ0) is 14.0. The summed E-state index contributed by atoms with van der Waals surface area (Å²) < 4.78 is 0. The van der Waals surface area contributed by atoms with Gasteiger partial charge in [-0.25, -0.2) is 9.59 Å². The van der Waals surface area contributed by atoms with Crippen LogP contribution in [-0.4, -0.2) is 40.6 Å². The Hall–Kier alpha value is -1.26. The zero-order valence-electron chi connectivity index (χ0n) is 11.8. The maximum atomic E-state index is 12.1. The summed E-state index contributed by atoms with van der Waals surface area (Å²) in [6.45, 7) is 5.91. The summed E-state index contributed by atoms with van der Waals surface area (Å²) in [5.41, 5.74) is -0.994. The fourth-order valence-corrected chi connectivity index (χ4v) is 2.98. The highest BCUT2D eigenvalue weighted by atomic mass is 16.4. The maximum Gasteiger partial charge on any atom is 0.329 e. The standard InChI is InChI=1S/C14H24N2O3/c1-10(2)11-4-8-16(9-5-11)13(19)15-14(12(17)18)6-3-7-14/h10-11H,3-9H2,1-2H3,(H,15,19)(H,17,18). The maximum absolute atomic E-state index is 12.1. The van der Waals surface area contributed by atoms with Gasteiger partial charge in [0.05, 0.1) is 0 Å². The first-order chi connectivity index (χ1) is 8.94. The van der Waals surface area contributed by atoms with Crippen LogP contribution in [0.25, 0.3) is 0 Å². The number of carboxylic acids is 1. The SMILES string of the molecule is CC(C)C1CCN(C(=O)NC2(C(=O)O)CCC2)CC1. The van der Waals surface area contributed by atoms with E-state index in [4.69, 9.17) is 0 Å². The summed E-state index contributed by atoms with van der Waals surface area (Å²) in [5.74, 6) is 0.438. The summed E-state index contributed by atoms with van der Waals surface area (Å²) in [6, 6.07) is -0.204. The minimum Gasteiger partial charge on any atom is -0.480 e. The molecule has 1 aliphatic carbocycles. The largest absolute Gasteiger partial charge is 0.480 e. The van der Waals surface area contributed by atoms with E-state index in [1.54, 1.807) is 4.90 Å². The van der Waals surface area contributed by atoms with E-state index in [1.165, 1.54) is 0 Å². The van der Waals surface area contributed by atoms with Crippen LogP contribution in [0, 0.1) is 11.8 Å². The first-order valence-corrected chi connectivity index (χ1v) is 7.25. The van der Waals surface area contributed by atoms with Crippen molar-refractivity contribution in [3.63, 3.8) is 0 Å². The number of aliphatic carboxylic acids is 1. The van der Waals surface area contributed by atoms with Crippen molar-refractivity contribution in [3.05, 3.63) is 0 Å². The van der Waals surface area contributed by atoms with Crippen molar-refractivity contribution in [3.8, 4) is 0 Å². The monoisotopic (exact) mass is 268 g/mol. The van der Waals surface area contributed by atoms with Crippen LogP contribution in [0.1, 0.15) is 46.0 Å². The smallest absolute Gasteiger partial charge is 0.329 e. The summed E-state index contributed by atoms with van der Waals surface area (Å²) in [7, 11) is 0. The molecule has 5 nitrogen and oxygen atoms in total. The highest BCUT2D eigenvalue weighted by molar-refractivity contribution is 5.87. The van der Waals surface area contributed by atoms with Crippen LogP contribution in [0.3, 0.4) is 0 Å². The normalized spacial score (nSPS) is 23.0. The molecule has 0 aromatic carbocycles. The number of hydrogen-bond donors (Lipinski definition) is 2. The lowest BCUT2D eigenvalue weighted by Crippen LogP contribution is -2.62. The predicted octanol–water partition coefficient (Wildman–Crippen LogP) is 2.07. The minimum absolute atomic E-state index is 0.204. The summed E-state index contributed by atoms with van der Waals surface area (Å²) in [4.78, 5) is 25.1. The van der Waals surface area contributed by atoms with Gasteiger partial charge in [0.15, 0.2) is 0 Å². The molecule has 1 aliphatic heterocycles. The molecular weight excluding hydrogens is 244 g/mol. The summed E-state index contributed by atoms with van der Waals surface area (Å²) in [6.07, 6.45) is 4.02. The van der Waals surface area contributed by atoms with E-state index < -0.39 is 11.5 Å². The molecule has 1 saturated heterocycles. The third-order valence-corrected chi connectivity index (χ3v) is 4.73. The van der Waals surface area contributed by atoms with E-state index in [0.29, 0.717) is 24.7 Å². The van der Waals surface area contributed by atoms with Crippen molar-refractivity contribution in [2.45, 2.75) is 51.5 Å². The number of likely N-dealkylation sites (tertiary alicyclic amines) is 1. The molecule has 2 rings (SSSR count). The lowest BCUT2D eigenvalue weighted by molar-refractivity contribution is -0.148. The molecule has 1 heterocycles. The molecule has 0 aromatic heterocycles. The van der Waals surface area contributed by atoms with E-state index in [-0.39, 0.29) is 6.03 Å². The number of amides is 2. The molecule has 0 bridgehead atoms. The van der Waals surface area contributed by atoms with E-state index >= 15 is 0 Å². The number of piperidine rings is 1. The lowest BCUT2D eigenvalue weighted by Gasteiger charge is -2.41. The fraction of sp³-hybridized carbons (Fsp3) is 0.857. The molecule has 1 saturated carbocycles. The third-order valence-electron chi connectivity index (χ3n) is 4.73. The van der Waals surface area contributed by atoms with Crippen molar-refractivity contribution < 1.29 is 14.7 Å². The van der Waals surface area contributed by atoms with Crippen molar-refractivity contribution in [2.24, 2.45) is 11.8 Å². The Morgan fingerprint density at radius 2 is 1.84 bits per heavy atom. The van der Waals surface area contributed by atoms with Gasteiger partial charge in [0, 0.05) is 13.1 Å². The number of nitrogens with zero attached hydrogens (tertiary/aromatic N) is 1. The topological polar surface area (TPSA) is 69.6 Å². The number of carboxylic acid groups (broad SMARTS) is 1. The summed E-state index contributed by atoms with van der Waals surface area (Å²) >= 11 is 0. The van der Waals surface area contributed by atoms with E-state index in [1.807, 2.05) is 0 Å². The predicted molar refractivity (Wildman–Crippen MR) is 71.9 cm³/mol. The summed E-state index contributed by atoms with van der Waals surface area (Å²) in [5, 5.41) is 11.9. The second kappa shape index (κ2) is 5.39. The van der Waals surface area contributed by atoms with Gasteiger partial charge in [-0.3, -0.25) is 0 Å². The first kappa shape index (κ1) is 14.2. The second-order valence-electron chi connectivity index (χ2n) is 6.24. The molecule has 0 unspecified atom stereocenters. The minimum atomic E-state index is -0.994. The molecule has 0 atom stereocenters. The second-order valence-corrected chi connectivity index (χ2v) is 6.24. The average molecular weight is 268 g/mol. The number of hydrogen-bond acceptors (Lipinski definition) is 2. The van der Waals surface area contributed by atoms with Crippen LogP contribution >= 0.6 is 0 Å². The Bertz CT molecular complexity index is 356. The van der Waals surface area contributed by atoms with Gasteiger partial charge in [-0.2, -0.15) is 0 Å². The van der Waals surface area contributed by atoms with E-state index in [0.717, 1.165) is 32.4 Å².